The van der Waals surface area contributed by atoms with Gasteiger partial charge in [-0.1, -0.05) is 50.7 Å². The van der Waals surface area contributed by atoms with E-state index in [9.17, 15) is 9.59 Å². The molecule has 0 bridgehead atoms. The van der Waals surface area contributed by atoms with Crippen molar-refractivity contribution in [2.24, 2.45) is 0 Å². The minimum absolute atomic E-state index is 0. The summed E-state index contributed by atoms with van der Waals surface area (Å²) in [4.78, 5) is 32.5. The van der Waals surface area contributed by atoms with Gasteiger partial charge in [0, 0.05) is 25.6 Å². The van der Waals surface area contributed by atoms with Crippen LogP contribution in [0.25, 0.3) is 10.6 Å². The molecule has 0 spiro atoms. The molecule has 5 rings (SSSR count). The monoisotopic (exact) mass is 516 g/mol. The van der Waals surface area contributed by atoms with E-state index < -0.39 is 0 Å². The van der Waals surface area contributed by atoms with Crippen LogP contribution in [0, 0.1) is 13.2 Å². The molecule has 1 aliphatic carbocycles. The summed E-state index contributed by atoms with van der Waals surface area (Å²) in [6, 6.07) is 9.73. The molecule has 2 atom stereocenters. The van der Waals surface area contributed by atoms with Crippen molar-refractivity contribution in [1.29, 1.82) is 0 Å². The molecule has 0 radical (unpaired) electrons. The number of rotatable bonds is 4. The number of carbonyl (C=O) groups is 2. The molecule has 35 heavy (non-hydrogen) atoms. The van der Waals surface area contributed by atoms with Crippen LogP contribution in [0.1, 0.15) is 72.3 Å². The number of hydrogen-bond donors (Lipinski definition) is 0. The van der Waals surface area contributed by atoms with Crippen LogP contribution in [-0.4, -0.2) is 47.1 Å². The van der Waals surface area contributed by atoms with Crippen LogP contribution in [-0.2, 0) is 26.8 Å². The molecular formula is C26H32CrN4O4-2. The van der Waals surface area contributed by atoms with E-state index in [4.69, 9.17) is 9.47 Å². The number of ether oxygens (including phenoxy) is 2. The molecule has 1 saturated carbocycles. The predicted octanol–water partition coefficient (Wildman–Crippen LogP) is 5.43. The van der Waals surface area contributed by atoms with E-state index in [-0.39, 0.29) is 41.3 Å². The average Bonchev–Trinajstić information content (AvgIpc) is 3.66. The SMILES string of the molecule is O=C([N-]C1CCCCC1[N-]C(=O)c1ccccn1)c1ccccn1.[CH-]1CCCO1.[CH-]1CCCO1.[Cr+2]. The summed E-state index contributed by atoms with van der Waals surface area (Å²) in [5, 5.41) is 8.53. The first-order valence-corrected chi connectivity index (χ1v) is 11.9. The first-order valence-electron chi connectivity index (χ1n) is 11.9. The fourth-order valence-corrected chi connectivity index (χ4v) is 3.64. The first-order chi connectivity index (χ1) is 16.7. The molecule has 4 heterocycles. The first kappa shape index (κ1) is 28.9. The van der Waals surface area contributed by atoms with Crippen LogP contribution in [0.2, 0.25) is 0 Å². The Labute approximate surface area is 218 Å². The van der Waals surface area contributed by atoms with E-state index in [0.717, 1.165) is 51.7 Å². The Balaban J connectivity index is 0.000000324. The van der Waals surface area contributed by atoms with Crippen LogP contribution in [0.15, 0.2) is 48.8 Å². The molecule has 188 valence electrons. The molecule has 2 aromatic rings. The minimum atomic E-state index is -0.354. The predicted molar refractivity (Wildman–Crippen MR) is 129 cm³/mol. The van der Waals surface area contributed by atoms with E-state index in [0.29, 0.717) is 11.4 Å². The molecule has 9 heteroatoms. The largest absolute Gasteiger partial charge is 2.00 e. The van der Waals surface area contributed by atoms with Crippen molar-refractivity contribution in [1.82, 2.24) is 9.97 Å². The zero-order valence-electron chi connectivity index (χ0n) is 19.8. The van der Waals surface area contributed by atoms with E-state index >= 15 is 0 Å². The fraction of sp³-hybridized carbons (Fsp3) is 0.462. The van der Waals surface area contributed by atoms with Gasteiger partial charge in [-0.2, -0.15) is 12.8 Å². The van der Waals surface area contributed by atoms with Gasteiger partial charge in [0.05, 0.1) is 11.4 Å². The molecule has 2 aromatic heterocycles. The second-order valence-electron chi connectivity index (χ2n) is 8.08. The van der Waals surface area contributed by atoms with Crippen molar-refractivity contribution in [2.45, 2.75) is 63.5 Å². The van der Waals surface area contributed by atoms with Gasteiger partial charge in [0.2, 0.25) is 0 Å². The summed E-state index contributed by atoms with van der Waals surface area (Å²) in [5.74, 6) is -0.707. The maximum atomic E-state index is 12.2. The van der Waals surface area contributed by atoms with E-state index in [1.165, 1.54) is 12.8 Å². The maximum Gasteiger partial charge on any atom is 2.00 e. The Morgan fingerprint density at radius 2 is 1.20 bits per heavy atom. The molecule has 3 fully saturated rings. The molecule has 0 aromatic carbocycles. The number of aromatic nitrogens is 2. The van der Waals surface area contributed by atoms with Crippen LogP contribution in [0.4, 0.5) is 0 Å². The zero-order valence-corrected chi connectivity index (χ0v) is 21.1. The van der Waals surface area contributed by atoms with Crippen molar-refractivity contribution >= 4 is 11.8 Å². The number of nitrogens with zero attached hydrogens (tertiary/aromatic N) is 4. The van der Waals surface area contributed by atoms with E-state index in [1.54, 1.807) is 48.8 Å². The number of carbonyl (C=O) groups excluding carboxylic acids is 2. The molecule has 2 aliphatic heterocycles. The average molecular weight is 517 g/mol. The Bertz CT molecular complexity index is 762. The quantitative estimate of drug-likeness (QED) is 0.502. The zero-order chi connectivity index (χ0) is 23.8. The Morgan fingerprint density at radius 3 is 1.49 bits per heavy atom. The molecule has 2 unspecified atom stereocenters. The van der Waals surface area contributed by atoms with Gasteiger partial charge in [-0.25, -0.2) is 13.2 Å². The van der Waals surface area contributed by atoms with Crippen molar-refractivity contribution in [3.05, 3.63) is 84.0 Å². The molecule has 2 amide bonds. The molecule has 8 nitrogen and oxygen atoms in total. The summed E-state index contributed by atoms with van der Waals surface area (Å²) < 4.78 is 9.64. The van der Waals surface area contributed by atoms with Crippen molar-refractivity contribution < 1.29 is 36.4 Å². The maximum absolute atomic E-state index is 12.2. The Hall–Kier alpha value is -2.31. The summed E-state index contributed by atoms with van der Waals surface area (Å²) in [5.41, 5.74) is 0.635. The van der Waals surface area contributed by atoms with Crippen LogP contribution < -0.4 is 0 Å². The Kier molecular flexibility index (Phi) is 14.2. The fourth-order valence-electron chi connectivity index (χ4n) is 3.64. The Morgan fingerprint density at radius 1 is 0.743 bits per heavy atom. The van der Waals surface area contributed by atoms with E-state index in [1.807, 2.05) is 13.2 Å². The van der Waals surface area contributed by atoms with Gasteiger partial charge in [-0.15, -0.1) is 12.1 Å². The summed E-state index contributed by atoms with van der Waals surface area (Å²) >= 11 is 0. The van der Waals surface area contributed by atoms with Crippen molar-refractivity contribution in [2.75, 3.05) is 13.2 Å². The standard InChI is InChI=1S/C18H20N4O2.2C4H7O.Cr/c23-17(15-9-3-5-11-19-15)21-13-7-1-2-8-14(13)22-18(24)16-10-4-6-12-20-16;2*1-2-4-5-3-1;/h3-6,9-14H,1-2,7-8H2,(H2,21,22,23,24);2*3H,1-2,4H2;/q;2*-1;+2/p-2. The number of amides is 2. The summed E-state index contributed by atoms with van der Waals surface area (Å²) in [6.45, 7) is 5.61. The molecule has 3 aliphatic rings. The molecular weight excluding hydrogens is 484 g/mol. The summed E-state index contributed by atoms with van der Waals surface area (Å²) in [6.07, 6.45) is 11.3. The third kappa shape index (κ3) is 10.9. The van der Waals surface area contributed by atoms with Gasteiger partial charge in [0.25, 0.3) is 0 Å². The van der Waals surface area contributed by atoms with Gasteiger partial charge < -0.3 is 29.7 Å². The second-order valence-corrected chi connectivity index (χ2v) is 8.08. The normalized spacial score (nSPS) is 20.7. The van der Waals surface area contributed by atoms with Gasteiger partial charge in [-0.3, -0.25) is 9.97 Å². The van der Waals surface area contributed by atoms with Crippen LogP contribution in [0.3, 0.4) is 0 Å². The van der Waals surface area contributed by atoms with Crippen LogP contribution >= 0.6 is 0 Å². The molecule has 2 saturated heterocycles. The van der Waals surface area contributed by atoms with E-state index in [2.05, 4.69) is 20.6 Å². The van der Waals surface area contributed by atoms with Gasteiger partial charge in [0.15, 0.2) is 0 Å². The van der Waals surface area contributed by atoms with Crippen LogP contribution in [0.5, 0.6) is 0 Å². The summed E-state index contributed by atoms with van der Waals surface area (Å²) in [7, 11) is 0. The minimum Gasteiger partial charge on any atom is -0.646 e. The second kappa shape index (κ2) is 17.2. The third-order valence-electron chi connectivity index (χ3n) is 5.43. The van der Waals surface area contributed by atoms with Crippen molar-refractivity contribution in [3.8, 4) is 0 Å². The smallest absolute Gasteiger partial charge is 0.646 e. The topological polar surface area (TPSA) is 107 Å². The molecule has 0 N–H and O–H groups in total. The van der Waals surface area contributed by atoms with Gasteiger partial charge in [-0.05, 0) is 24.3 Å². The number of pyridine rings is 2. The number of hydrogen-bond acceptors (Lipinski definition) is 6. The van der Waals surface area contributed by atoms with Crippen molar-refractivity contribution in [3.63, 3.8) is 0 Å². The van der Waals surface area contributed by atoms with Gasteiger partial charge >= 0.3 is 17.4 Å². The van der Waals surface area contributed by atoms with Gasteiger partial charge in [0.1, 0.15) is 11.8 Å². The third-order valence-corrected chi connectivity index (χ3v) is 5.43.